The van der Waals surface area contributed by atoms with Gasteiger partial charge in [0.05, 0.1) is 68.0 Å². The van der Waals surface area contributed by atoms with Crippen molar-refractivity contribution in [3.05, 3.63) is 38.9 Å². The SMILES string of the molecule is Cc1c(N)c(N)c(N)c(Oc2c(C)c(N)c(C(=O)c3c(C)c(N)c(Oc4c(C)c(N)c(N)c(N)c4N)c(N)c3N)c(N)c2C)c1N. The van der Waals surface area contributed by atoms with Gasteiger partial charge in [0.2, 0.25) is 0 Å². The third kappa shape index (κ3) is 4.50. The van der Waals surface area contributed by atoms with E-state index in [1.165, 1.54) is 0 Å². The molecule has 4 aromatic carbocycles. The summed E-state index contributed by atoms with van der Waals surface area (Å²) in [5.74, 6) is -0.331. The summed E-state index contributed by atoms with van der Waals surface area (Å²) in [5, 5.41) is 0. The van der Waals surface area contributed by atoms with Crippen LogP contribution in [0.15, 0.2) is 0 Å². The second kappa shape index (κ2) is 10.9. The predicted octanol–water partition coefficient (Wildman–Crippen LogP) is 2.61. The molecule has 0 saturated heterocycles. The zero-order valence-electron chi connectivity index (χ0n) is 26.2. The number of anilines is 13. The van der Waals surface area contributed by atoms with Gasteiger partial charge in [0, 0.05) is 22.3 Å². The maximum atomic E-state index is 14.2. The third-order valence-electron chi connectivity index (χ3n) is 8.46. The monoisotopic (exact) mass is 631 g/mol. The fourth-order valence-corrected chi connectivity index (χ4v) is 5.19. The van der Waals surface area contributed by atoms with Crippen LogP contribution in [0.1, 0.15) is 43.7 Å². The molecule has 244 valence electrons. The number of carbonyl (C=O) groups excluding carboxylic acids is 1. The molecule has 0 aliphatic heterocycles. The molecule has 4 aromatic rings. The maximum Gasteiger partial charge on any atom is 0.199 e. The zero-order valence-corrected chi connectivity index (χ0v) is 26.2. The van der Waals surface area contributed by atoms with Gasteiger partial charge in [-0.3, -0.25) is 4.79 Å². The van der Waals surface area contributed by atoms with Crippen molar-refractivity contribution in [2.75, 3.05) is 74.5 Å². The first kappa shape index (κ1) is 32.5. The molecule has 16 heteroatoms. The summed E-state index contributed by atoms with van der Waals surface area (Å²) in [6.07, 6.45) is 0. The largest absolute Gasteiger partial charge is 0.452 e. The van der Waals surface area contributed by atoms with E-state index in [0.29, 0.717) is 22.3 Å². The minimum Gasteiger partial charge on any atom is -0.452 e. The van der Waals surface area contributed by atoms with Crippen LogP contribution in [0.5, 0.6) is 23.0 Å². The molecule has 0 aromatic heterocycles. The van der Waals surface area contributed by atoms with Crippen LogP contribution < -0.4 is 84.0 Å². The molecule has 0 amide bonds. The molecule has 0 atom stereocenters. The standard InChI is InChI=1S/C30H41N13O3/c1-6-11(19(37)23(41)29(17(6)35)46-28-10(5)16(34)20(38)22(40)24(28)42)26(44)12-13(31)8(3)27(9(4)14(12)32)45-30-18(36)7(2)15(33)21(39)25(30)43/h31-43H2,1-5H3. The van der Waals surface area contributed by atoms with E-state index in [4.69, 9.17) is 84.0 Å². The lowest BCUT2D eigenvalue weighted by molar-refractivity contribution is 0.104. The van der Waals surface area contributed by atoms with Crippen LogP contribution in [-0.4, -0.2) is 5.78 Å². The Morgan fingerprint density at radius 3 is 1.20 bits per heavy atom. The van der Waals surface area contributed by atoms with Gasteiger partial charge in [0.1, 0.15) is 22.8 Å². The van der Waals surface area contributed by atoms with E-state index in [-0.39, 0.29) is 114 Å². The lowest BCUT2D eigenvalue weighted by Crippen LogP contribution is -2.18. The van der Waals surface area contributed by atoms with E-state index in [9.17, 15) is 4.79 Å². The first-order chi connectivity index (χ1) is 21.3. The van der Waals surface area contributed by atoms with E-state index < -0.39 is 5.78 Å². The number of nitrogen functional groups attached to an aromatic ring is 13. The molecule has 4 rings (SSSR count). The Kier molecular flexibility index (Phi) is 7.71. The molecule has 0 heterocycles. The fourth-order valence-electron chi connectivity index (χ4n) is 5.19. The highest BCUT2D eigenvalue weighted by molar-refractivity contribution is 6.21. The quantitative estimate of drug-likeness (QED) is 0.107. The van der Waals surface area contributed by atoms with Crippen LogP contribution in [0.25, 0.3) is 0 Å². The van der Waals surface area contributed by atoms with Crippen molar-refractivity contribution < 1.29 is 14.3 Å². The van der Waals surface area contributed by atoms with Crippen LogP contribution in [0, 0.1) is 34.6 Å². The molecule has 0 aliphatic carbocycles. The van der Waals surface area contributed by atoms with Crippen molar-refractivity contribution in [2.24, 2.45) is 0 Å². The summed E-state index contributed by atoms with van der Waals surface area (Å²) in [6, 6.07) is 0. The summed E-state index contributed by atoms with van der Waals surface area (Å²) in [6.45, 7) is 8.15. The number of hydrogen-bond donors (Lipinski definition) is 13. The average Bonchev–Trinajstić information content (AvgIpc) is 3.02. The van der Waals surface area contributed by atoms with E-state index in [1.807, 2.05) is 0 Å². The Bertz CT molecular complexity index is 1750. The number of carbonyl (C=O) groups is 1. The second-order valence-corrected chi connectivity index (χ2v) is 11.1. The maximum absolute atomic E-state index is 14.2. The predicted molar refractivity (Wildman–Crippen MR) is 190 cm³/mol. The lowest BCUT2D eigenvalue weighted by Gasteiger charge is -2.24. The van der Waals surface area contributed by atoms with Crippen molar-refractivity contribution in [3.63, 3.8) is 0 Å². The molecule has 0 aliphatic rings. The van der Waals surface area contributed by atoms with Gasteiger partial charge in [-0.25, -0.2) is 0 Å². The van der Waals surface area contributed by atoms with Crippen molar-refractivity contribution in [2.45, 2.75) is 34.6 Å². The highest BCUT2D eigenvalue weighted by atomic mass is 16.5. The third-order valence-corrected chi connectivity index (χ3v) is 8.46. The first-order valence-electron chi connectivity index (χ1n) is 13.8. The number of rotatable bonds is 6. The Hall–Kier alpha value is -6.45. The van der Waals surface area contributed by atoms with Gasteiger partial charge in [-0.05, 0) is 40.2 Å². The minimum atomic E-state index is -0.643. The van der Waals surface area contributed by atoms with Crippen LogP contribution in [0.3, 0.4) is 0 Å². The Morgan fingerprint density at radius 1 is 0.326 bits per heavy atom. The van der Waals surface area contributed by atoms with E-state index in [1.54, 1.807) is 34.6 Å². The number of benzene rings is 4. The van der Waals surface area contributed by atoms with Crippen LogP contribution in [0.4, 0.5) is 73.9 Å². The number of ketones is 1. The molecular weight excluding hydrogens is 590 g/mol. The van der Waals surface area contributed by atoms with Crippen molar-refractivity contribution in [1.29, 1.82) is 0 Å². The molecule has 0 fully saturated rings. The Morgan fingerprint density at radius 2 is 0.674 bits per heavy atom. The van der Waals surface area contributed by atoms with Crippen molar-refractivity contribution in [1.82, 2.24) is 0 Å². The van der Waals surface area contributed by atoms with E-state index in [2.05, 4.69) is 0 Å². The van der Waals surface area contributed by atoms with Crippen molar-refractivity contribution >= 4 is 79.7 Å². The van der Waals surface area contributed by atoms with Gasteiger partial charge in [-0.1, -0.05) is 0 Å². The molecule has 0 bridgehead atoms. The molecule has 26 N–H and O–H groups in total. The minimum absolute atomic E-state index is 0.00406. The summed E-state index contributed by atoms with van der Waals surface area (Å²) in [4.78, 5) is 14.2. The highest BCUT2D eigenvalue weighted by Crippen LogP contribution is 2.50. The molecular formula is C30H41N13O3. The molecule has 0 radical (unpaired) electrons. The molecule has 0 spiro atoms. The van der Waals surface area contributed by atoms with Crippen molar-refractivity contribution in [3.8, 4) is 23.0 Å². The normalized spacial score (nSPS) is 11.1. The van der Waals surface area contributed by atoms with E-state index >= 15 is 0 Å². The lowest BCUT2D eigenvalue weighted by atomic mass is 9.90. The smallest absolute Gasteiger partial charge is 0.199 e. The van der Waals surface area contributed by atoms with Gasteiger partial charge < -0.3 is 84.0 Å². The van der Waals surface area contributed by atoms with Gasteiger partial charge in [-0.2, -0.15) is 0 Å². The molecule has 0 saturated carbocycles. The number of hydrogen-bond acceptors (Lipinski definition) is 16. The highest BCUT2D eigenvalue weighted by Gasteiger charge is 2.31. The molecule has 46 heavy (non-hydrogen) atoms. The average molecular weight is 632 g/mol. The summed E-state index contributed by atoms with van der Waals surface area (Å²) >= 11 is 0. The number of ether oxygens (including phenoxy) is 2. The zero-order chi connectivity index (χ0) is 34.8. The fraction of sp³-hybridized carbons (Fsp3) is 0.167. The Balaban J connectivity index is 1.86. The van der Waals surface area contributed by atoms with Crippen LogP contribution in [-0.2, 0) is 0 Å². The van der Waals surface area contributed by atoms with Crippen LogP contribution in [0.2, 0.25) is 0 Å². The second-order valence-electron chi connectivity index (χ2n) is 11.1. The summed E-state index contributed by atoms with van der Waals surface area (Å²) in [7, 11) is 0. The molecule has 0 unspecified atom stereocenters. The number of nitrogens with two attached hydrogens (primary N) is 13. The van der Waals surface area contributed by atoms with E-state index in [0.717, 1.165) is 0 Å². The van der Waals surface area contributed by atoms with Gasteiger partial charge >= 0.3 is 0 Å². The van der Waals surface area contributed by atoms with Gasteiger partial charge in [0.15, 0.2) is 23.0 Å². The first-order valence-corrected chi connectivity index (χ1v) is 13.8. The Labute approximate surface area is 265 Å². The molecule has 16 nitrogen and oxygen atoms in total. The van der Waals surface area contributed by atoms with Gasteiger partial charge in [-0.15, -0.1) is 0 Å². The summed E-state index contributed by atoms with van der Waals surface area (Å²) in [5.41, 5.74) is 83.5. The van der Waals surface area contributed by atoms with Gasteiger partial charge in [0.25, 0.3) is 0 Å². The summed E-state index contributed by atoms with van der Waals surface area (Å²) < 4.78 is 12.2. The van der Waals surface area contributed by atoms with Crippen LogP contribution >= 0.6 is 0 Å². The topological polar surface area (TPSA) is 374 Å².